The van der Waals surface area contributed by atoms with E-state index in [1.54, 1.807) is 12.1 Å². The summed E-state index contributed by atoms with van der Waals surface area (Å²) in [5.41, 5.74) is 0.994. The van der Waals surface area contributed by atoms with E-state index in [-0.39, 0.29) is 23.5 Å². The molecular formula is C20H23BrN2O4S. The Morgan fingerprint density at radius 1 is 1.11 bits per heavy atom. The van der Waals surface area contributed by atoms with E-state index in [0.717, 1.165) is 22.9 Å². The third kappa shape index (κ3) is 5.12. The lowest BCUT2D eigenvalue weighted by atomic mass is 10.1. The van der Waals surface area contributed by atoms with Gasteiger partial charge in [0.05, 0.1) is 10.9 Å². The first-order valence-corrected chi connectivity index (χ1v) is 11.4. The smallest absolute Gasteiger partial charge is 0.258 e. The van der Waals surface area contributed by atoms with Gasteiger partial charge in [0.15, 0.2) is 6.61 Å². The number of hydrogen-bond donors (Lipinski definition) is 1. The molecule has 0 saturated carbocycles. The lowest BCUT2D eigenvalue weighted by molar-refractivity contribution is -0.123. The number of nitrogens with zero attached hydrogens (tertiary/aromatic N) is 1. The molecule has 3 rings (SSSR count). The maximum absolute atomic E-state index is 12.5. The SMILES string of the molecule is C[C@H](NC(=O)COc1ccc(S(=O)(=O)N2CCCC2)cc1)c1ccc(Br)cc1. The van der Waals surface area contributed by atoms with Gasteiger partial charge < -0.3 is 10.1 Å². The van der Waals surface area contributed by atoms with Crippen molar-refractivity contribution in [2.75, 3.05) is 19.7 Å². The van der Waals surface area contributed by atoms with Crippen molar-refractivity contribution in [3.05, 3.63) is 58.6 Å². The van der Waals surface area contributed by atoms with Crippen LogP contribution in [0.4, 0.5) is 0 Å². The summed E-state index contributed by atoms with van der Waals surface area (Å²) < 4.78 is 33.0. The summed E-state index contributed by atoms with van der Waals surface area (Å²) in [6.45, 7) is 2.90. The van der Waals surface area contributed by atoms with Gasteiger partial charge in [-0.2, -0.15) is 4.31 Å². The van der Waals surface area contributed by atoms with Gasteiger partial charge in [-0.05, 0) is 61.7 Å². The minimum Gasteiger partial charge on any atom is -0.484 e. The molecule has 0 radical (unpaired) electrons. The molecule has 1 N–H and O–H groups in total. The van der Waals surface area contributed by atoms with E-state index in [1.807, 2.05) is 31.2 Å². The second kappa shape index (κ2) is 9.07. The Morgan fingerprint density at radius 3 is 2.32 bits per heavy atom. The Kier molecular flexibility index (Phi) is 6.74. The van der Waals surface area contributed by atoms with Gasteiger partial charge in [-0.25, -0.2) is 8.42 Å². The zero-order valence-corrected chi connectivity index (χ0v) is 18.0. The minimum atomic E-state index is -3.44. The largest absolute Gasteiger partial charge is 0.484 e. The molecule has 1 aliphatic rings. The summed E-state index contributed by atoms with van der Waals surface area (Å²) in [4.78, 5) is 12.4. The monoisotopic (exact) mass is 466 g/mol. The molecule has 0 aliphatic carbocycles. The van der Waals surface area contributed by atoms with E-state index < -0.39 is 10.0 Å². The van der Waals surface area contributed by atoms with Gasteiger partial charge in [-0.15, -0.1) is 0 Å². The van der Waals surface area contributed by atoms with E-state index >= 15 is 0 Å². The number of halogens is 1. The maximum Gasteiger partial charge on any atom is 0.258 e. The quantitative estimate of drug-likeness (QED) is 0.677. The summed E-state index contributed by atoms with van der Waals surface area (Å²) in [6.07, 6.45) is 1.79. The molecule has 1 heterocycles. The zero-order valence-electron chi connectivity index (χ0n) is 15.6. The maximum atomic E-state index is 12.5. The molecule has 150 valence electrons. The minimum absolute atomic E-state index is 0.140. The fraction of sp³-hybridized carbons (Fsp3) is 0.350. The molecule has 0 unspecified atom stereocenters. The topological polar surface area (TPSA) is 75.7 Å². The van der Waals surface area contributed by atoms with Crippen molar-refractivity contribution >= 4 is 31.9 Å². The Morgan fingerprint density at radius 2 is 1.71 bits per heavy atom. The predicted octanol–water partition coefficient (Wildman–Crippen LogP) is 3.49. The fourth-order valence-corrected chi connectivity index (χ4v) is 4.83. The molecule has 1 atom stereocenters. The van der Waals surface area contributed by atoms with Gasteiger partial charge in [0.2, 0.25) is 10.0 Å². The third-order valence-electron chi connectivity index (χ3n) is 4.64. The second-order valence-corrected chi connectivity index (χ2v) is 9.57. The van der Waals surface area contributed by atoms with Crippen molar-refractivity contribution in [3.8, 4) is 5.75 Å². The molecule has 28 heavy (non-hydrogen) atoms. The van der Waals surface area contributed by atoms with Crippen molar-refractivity contribution in [2.45, 2.75) is 30.7 Å². The lowest BCUT2D eigenvalue weighted by Crippen LogP contribution is -2.31. The summed E-state index contributed by atoms with van der Waals surface area (Å²) in [5, 5.41) is 2.88. The molecule has 1 saturated heterocycles. The number of benzene rings is 2. The highest BCUT2D eigenvalue weighted by atomic mass is 79.9. The van der Waals surface area contributed by atoms with Crippen molar-refractivity contribution < 1.29 is 17.9 Å². The van der Waals surface area contributed by atoms with Crippen LogP contribution in [0.15, 0.2) is 57.9 Å². The number of sulfonamides is 1. The van der Waals surface area contributed by atoms with E-state index in [1.165, 1.54) is 16.4 Å². The molecule has 2 aromatic carbocycles. The van der Waals surface area contributed by atoms with Crippen LogP contribution < -0.4 is 10.1 Å². The summed E-state index contributed by atoms with van der Waals surface area (Å²) in [6, 6.07) is 13.8. The number of carbonyl (C=O) groups excluding carboxylic acids is 1. The molecule has 2 aromatic rings. The summed E-state index contributed by atoms with van der Waals surface area (Å²) >= 11 is 3.38. The first-order chi connectivity index (χ1) is 13.4. The molecule has 1 aliphatic heterocycles. The predicted molar refractivity (Wildman–Crippen MR) is 111 cm³/mol. The Labute approximate surface area is 174 Å². The lowest BCUT2D eigenvalue weighted by Gasteiger charge is -2.16. The van der Waals surface area contributed by atoms with Crippen LogP contribution in [0.5, 0.6) is 5.75 Å². The van der Waals surface area contributed by atoms with E-state index in [0.29, 0.717) is 18.8 Å². The number of nitrogens with one attached hydrogen (secondary N) is 1. The van der Waals surface area contributed by atoms with Gasteiger partial charge in [-0.3, -0.25) is 4.79 Å². The van der Waals surface area contributed by atoms with Crippen LogP contribution in [0, 0.1) is 0 Å². The zero-order chi connectivity index (χ0) is 20.1. The second-order valence-electron chi connectivity index (χ2n) is 6.71. The highest BCUT2D eigenvalue weighted by Gasteiger charge is 2.26. The third-order valence-corrected chi connectivity index (χ3v) is 7.09. The average molecular weight is 467 g/mol. The van der Waals surface area contributed by atoms with Gasteiger partial charge in [0, 0.05) is 17.6 Å². The number of amides is 1. The van der Waals surface area contributed by atoms with E-state index in [9.17, 15) is 13.2 Å². The molecule has 1 fully saturated rings. The number of hydrogen-bond acceptors (Lipinski definition) is 4. The van der Waals surface area contributed by atoms with E-state index in [4.69, 9.17) is 4.74 Å². The number of ether oxygens (including phenoxy) is 1. The van der Waals surface area contributed by atoms with Crippen molar-refractivity contribution in [3.63, 3.8) is 0 Å². The molecular weight excluding hydrogens is 444 g/mol. The molecule has 0 aromatic heterocycles. The number of rotatable bonds is 7. The van der Waals surface area contributed by atoms with Crippen LogP contribution >= 0.6 is 15.9 Å². The van der Waals surface area contributed by atoms with Gasteiger partial charge in [-0.1, -0.05) is 28.1 Å². The number of carbonyl (C=O) groups is 1. The first kappa shape index (κ1) is 20.8. The van der Waals surface area contributed by atoms with Gasteiger partial charge >= 0.3 is 0 Å². The Bertz CT molecular complexity index is 908. The normalized spacial score (nSPS) is 15.9. The van der Waals surface area contributed by atoms with E-state index in [2.05, 4.69) is 21.2 Å². The highest BCUT2D eigenvalue weighted by molar-refractivity contribution is 9.10. The van der Waals surface area contributed by atoms with Crippen LogP contribution in [0.25, 0.3) is 0 Å². The van der Waals surface area contributed by atoms with Crippen LogP contribution in [-0.2, 0) is 14.8 Å². The summed E-state index contributed by atoms with van der Waals surface area (Å²) in [7, 11) is -3.44. The first-order valence-electron chi connectivity index (χ1n) is 9.14. The molecule has 8 heteroatoms. The fourth-order valence-electron chi connectivity index (χ4n) is 3.05. The molecule has 6 nitrogen and oxygen atoms in total. The van der Waals surface area contributed by atoms with Crippen LogP contribution in [-0.4, -0.2) is 38.3 Å². The average Bonchev–Trinajstić information content (AvgIpc) is 3.23. The van der Waals surface area contributed by atoms with Crippen molar-refractivity contribution in [1.82, 2.24) is 9.62 Å². The van der Waals surface area contributed by atoms with Crippen LogP contribution in [0.3, 0.4) is 0 Å². The van der Waals surface area contributed by atoms with Crippen LogP contribution in [0.1, 0.15) is 31.4 Å². The van der Waals surface area contributed by atoms with Crippen molar-refractivity contribution in [1.29, 1.82) is 0 Å². The summed E-state index contributed by atoms with van der Waals surface area (Å²) in [5.74, 6) is 0.205. The molecule has 1 amide bonds. The van der Waals surface area contributed by atoms with Gasteiger partial charge in [0.25, 0.3) is 5.91 Å². The highest BCUT2D eigenvalue weighted by Crippen LogP contribution is 2.23. The Balaban J connectivity index is 1.53. The van der Waals surface area contributed by atoms with Crippen LogP contribution in [0.2, 0.25) is 0 Å². The van der Waals surface area contributed by atoms with Gasteiger partial charge in [0.1, 0.15) is 5.75 Å². The standard InChI is InChI=1S/C20H23BrN2O4S/c1-15(16-4-6-17(21)7-5-16)22-20(24)14-27-18-8-10-19(11-9-18)28(25,26)23-12-2-3-13-23/h4-11,15H,2-3,12-14H2,1H3,(H,22,24)/t15-/m0/s1. The molecule has 0 bridgehead atoms. The Hall–Kier alpha value is -1.90. The van der Waals surface area contributed by atoms with Crippen molar-refractivity contribution in [2.24, 2.45) is 0 Å². The molecule has 0 spiro atoms.